The molecular weight excluding hydrogens is 474 g/mol. The van der Waals surface area contributed by atoms with E-state index in [1.165, 1.54) is 6.07 Å². The molecule has 37 heavy (non-hydrogen) atoms. The van der Waals surface area contributed by atoms with Crippen molar-refractivity contribution in [2.24, 2.45) is 0 Å². The van der Waals surface area contributed by atoms with Crippen LogP contribution in [0.4, 0.5) is 0 Å². The standard InChI is InChI=1S/C29H27NO7/c1-35-20-9-5-8-19(14-20)21(15-26(34)30-10-12-36-13-11-30)27-22(31)16-23(32)28-24(33)17-25(37-29(27)28)18-6-3-2-4-7-18/h2-9,14,16-17,21,31-32H,10-13,15H2,1H3/t21-/m0/s1. The van der Waals surface area contributed by atoms with Gasteiger partial charge in [0.1, 0.15) is 34.0 Å². The minimum Gasteiger partial charge on any atom is -0.507 e. The van der Waals surface area contributed by atoms with Crippen LogP contribution < -0.4 is 10.2 Å². The van der Waals surface area contributed by atoms with Crippen molar-refractivity contribution in [1.29, 1.82) is 0 Å². The molecule has 2 heterocycles. The van der Waals surface area contributed by atoms with Gasteiger partial charge in [-0.25, -0.2) is 0 Å². The second-order valence-corrected chi connectivity index (χ2v) is 8.90. The summed E-state index contributed by atoms with van der Waals surface area (Å²) >= 11 is 0. The summed E-state index contributed by atoms with van der Waals surface area (Å²) in [5.74, 6) is -0.626. The molecule has 5 rings (SSSR count). The van der Waals surface area contributed by atoms with Gasteiger partial charge in [-0.3, -0.25) is 9.59 Å². The number of morpholine rings is 1. The minimum atomic E-state index is -0.692. The maximum absolute atomic E-state index is 13.4. The second-order valence-electron chi connectivity index (χ2n) is 8.90. The molecule has 0 spiro atoms. The van der Waals surface area contributed by atoms with Crippen molar-refractivity contribution < 1.29 is 28.9 Å². The van der Waals surface area contributed by atoms with Crippen LogP contribution in [0.5, 0.6) is 17.2 Å². The molecule has 190 valence electrons. The average Bonchev–Trinajstić information content (AvgIpc) is 2.92. The van der Waals surface area contributed by atoms with Gasteiger partial charge in [-0.15, -0.1) is 0 Å². The van der Waals surface area contributed by atoms with E-state index in [1.807, 2.05) is 24.3 Å². The van der Waals surface area contributed by atoms with Gasteiger partial charge in [0.25, 0.3) is 0 Å². The van der Waals surface area contributed by atoms with Crippen LogP contribution >= 0.6 is 0 Å². The third-order valence-electron chi connectivity index (χ3n) is 6.64. The molecule has 0 bridgehead atoms. The lowest BCUT2D eigenvalue weighted by atomic mass is 9.85. The molecule has 3 aromatic carbocycles. The lowest BCUT2D eigenvalue weighted by Crippen LogP contribution is -2.41. The maximum Gasteiger partial charge on any atom is 0.223 e. The van der Waals surface area contributed by atoms with Gasteiger partial charge in [-0.2, -0.15) is 0 Å². The molecule has 1 aromatic heterocycles. The lowest BCUT2D eigenvalue weighted by Gasteiger charge is -2.29. The SMILES string of the molecule is COc1cccc([C@H](CC(=O)N2CCOCC2)c2c(O)cc(O)c3c(=O)cc(-c4ccccc4)oc23)c1. The summed E-state index contributed by atoms with van der Waals surface area (Å²) in [5.41, 5.74) is 1.18. The number of ether oxygens (including phenoxy) is 2. The van der Waals surface area contributed by atoms with E-state index in [0.29, 0.717) is 43.2 Å². The highest BCUT2D eigenvalue weighted by Crippen LogP contribution is 2.43. The molecule has 1 aliphatic rings. The number of hydrogen-bond acceptors (Lipinski definition) is 7. The Bertz CT molecular complexity index is 1490. The summed E-state index contributed by atoms with van der Waals surface area (Å²) in [6, 6.07) is 18.7. The van der Waals surface area contributed by atoms with Gasteiger partial charge in [0, 0.05) is 48.7 Å². The smallest absolute Gasteiger partial charge is 0.223 e. The number of fused-ring (bicyclic) bond motifs is 1. The molecule has 1 aliphatic heterocycles. The van der Waals surface area contributed by atoms with Crippen molar-refractivity contribution >= 4 is 16.9 Å². The number of carbonyl (C=O) groups is 1. The van der Waals surface area contributed by atoms with E-state index in [-0.39, 0.29) is 40.4 Å². The number of amides is 1. The number of nitrogens with zero attached hydrogens (tertiary/aromatic N) is 1. The van der Waals surface area contributed by atoms with Gasteiger partial charge in [-0.1, -0.05) is 42.5 Å². The second kappa shape index (κ2) is 10.4. The van der Waals surface area contributed by atoms with Crippen LogP contribution in [0.1, 0.15) is 23.5 Å². The molecule has 1 fully saturated rings. The quantitative estimate of drug-likeness (QED) is 0.406. The Morgan fingerprint density at radius 2 is 1.76 bits per heavy atom. The van der Waals surface area contributed by atoms with Crippen molar-refractivity contribution in [3.05, 3.63) is 88.1 Å². The summed E-state index contributed by atoms with van der Waals surface area (Å²) in [6.45, 7) is 1.86. The summed E-state index contributed by atoms with van der Waals surface area (Å²) in [5, 5.41) is 21.7. The Kier molecular flexibility index (Phi) is 6.83. The number of rotatable bonds is 6. The Hall–Kier alpha value is -4.30. The normalized spacial score (nSPS) is 14.5. The number of phenolic OH excluding ortho intramolecular Hbond substituents is 2. The first kappa shape index (κ1) is 24.4. The first-order chi connectivity index (χ1) is 18.0. The molecule has 1 amide bonds. The van der Waals surface area contributed by atoms with Crippen molar-refractivity contribution in [3.63, 3.8) is 0 Å². The zero-order valence-corrected chi connectivity index (χ0v) is 20.3. The predicted molar refractivity (Wildman–Crippen MR) is 138 cm³/mol. The van der Waals surface area contributed by atoms with Crippen LogP contribution in [0.15, 0.2) is 75.9 Å². The van der Waals surface area contributed by atoms with Gasteiger partial charge in [0.2, 0.25) is 5.91 Å². The van der Waals surface area contributed by atoms with Gasteiger partial charge in [0.15, 0.2) is 5.43 Å². The van der Waals surface area contributed by atoms with Crippen LogP contribution in [-0.4, -0.2) is 54.4 Å². The summed E-state index contributed by atoms with van der Waals surface area (Å²) in [4.78, 5) is 28.3. The van der Waals surface area contributed by atoms with E-state index in [9.17, 15) is 19.8 Å². The van der Waals surface area contributed by atoms with Crippen LogP contribution in [0, 0.1) is 0 Å². The first-order valence-electron chi connectivity index (χ1n) is 12.0. The number of hydrogen-bond donors (Lipinski definition) is 2. The molecule has 8 nitrogen and oxygen atoms in total. The van der Waals surface area contributed by atoms with Crippen molar-refractivity contribution in [2.75, 3.05) is 33.4 Å². The third kappa shape index (κ3) is 4.88. The monoisotopic (exact) mass is 501 g/mol. The maximum atomic E-state index is 13.4. The third-order valence-corrected chi connectivity index (χ3v) is 6.64. The van der Waals surface area contributed by atoms with Crippen LogP contribution in [-0.2, 0) is 9.53 Å². The Morgan fingerprint density at radius 1 is 1.00 bits per heavy atom. The molecule has 0 aliphatic carbocycles. The fourth-order valence-corrected chi connectivity index (χ4v) is 4.76. The van der Waals surface area contributed by atoms with Crippen molar-refractivity contribution in [1.82, 2.24) is 4.90 Å². The zero-order valence-electron chi connectivity index (χ0n) is 20.3. The fraction of sp³-hybridized carbons (Fsp3) is 0.241. The largest absolute Gasteiger partial charge is 0.507 e. The number of benzene rings is 3. The highest BCUT2D eigenvalue weighted by atomic mass is 16.5. The van der Waals surface area contributed by atoms with E-state index >= 15 is 0 Å². The van der Waals surface area contributed by atoms with E-state index in [2.05, 4.69) is 0 Å². The first-order valence-corrected chi connectivity index (χ1v) is 12.0. The topological polar surface area (TPSA) is 109 Å². The van der Waals surface area contributed by atoms with E-state index in [4.69, 9.17) is 13.9 Å². The molecule has 0 radical (unpaired) electrons. The van der Waals surface area contributed by atoms with E-state index in [1.54, 1.807) is 42.3 Å². The highest BCUT2D eigenvalue weighted by molar-refractivity contribution is 5.91. The van der Waals surface area contributed by atoms with Crippen molar-refractivity contribution in [2.45, 2.75) is 12.3 Å². The average molecular weight is 502 g/mol. The Labute approximate surface area is 213 Å². The number of phenols is 2. The van der Waals surface area contributed by atoms with E-state index < -0.39 is 17.1 Å². The summed E-state index contributed by atoms with van der Waals surface area (Å²) in [7, 11) is 1.55. The molecule has 2 N–H and O–H groups in total. The van der Waals surface area contributed by atoms with Crippen molar-refractivity contribution in [3.8, 4) is 28.6 Å². The minimum absolute atomic E-state index is 0.000121. The Balaban J connectivity index is 1.73. The van der Waals surface area contributed by atoms with Gasteiger partial charge < -0.3 is 29.0 Å². The molecule has 0 saturated carbocycles. The molecular formula is C29H27NO7. The fourth-order valence-electron chi connectivity index (χ4n) is 4.76. The predicted octanol–water partition coefficient (Wildman–Crippen LogP) is 4.26. The van der Waals surface area contributed by atoms with Crippen LogP contribution in [0.2, 0.25) is 0 Å². The van der Waals surface area contributed by atoms with E-state index in [0.717, 1.165) is 6.07 Å². The lowest BCUT2D eigenvalue weighted by molar-refractivity contribution is -0.135. The molecule has 1 saturated heterocycles. The Morgan fingerprint density at radius 3 is 2.49 bits per heavy atom. The zero-order chi connectivity index (χ0) is 25.9. The van der Waals surface area contributed by atoms with Crippen LogP contribution in [0.25, 0.3) is 22.3 Å². The van der Waals surface area contributed by atoms with Gasteiger partial charge in [-0.05, 0) is 17.7 Å². The van der Waals surface area contributed by atoms with Crippen LogP contribution in [0.3, 0.4) is 0 Å². The van der Waals surface area contributed by atoms with Gasteiger partial charge in [0.05, 0.1) is 20.3 Å². The number of aromatic hydroxyl groups is 2. The number of methoxy groups -OCH3 is 1. The molecule has 0 unspecified atom stereocenters. The summed E-state index contributed by atoms with van der Waals surface area (Å²) in [6.07, 6.45) is -0.000121. The number of carbonyl (C=O) groups excluding carboxylic acids is 1. The summed E-state index contributed by atoms with van der Waals surface area (Å²) < 4.78 is 17.0. The highest BCUT2D eigenvalue weighted by Gasteiger charge is 2.30. The molecule has 8 heteroatoms. The molecule has 1 atom stereocenters. The molecule has 4 aromatic rings. The van der Waals surface area contributed by atoms with Gasteiger partial charge >= 0.3 is 0 Å².